The average molecular weight is 359 g/mol. The number of amides is 1. The fourth-order valence-electron chi connectivity index (χ4n) is 2.59. The fourth-order valence-corrected chi connectivity index (χ4v) is 2.59. The molecular formula is C18H18FN3O4. The first-order valence-corrected chi connectivity index (χ1v) is 8.31. The Morgan fingerprint density at radius 1 is 1.12 bits per heavy atom. The van der Waals surface area contributed by atoms with Crippen LogP contribution in [-0.2, 0) is 9.53 Å². The Morgan fingerprint density at radius 2 is 1.77 bits per heavy atom. The number of rotatable bonds is 6. The largest absolute Gasteiger partial charge is 0.460 e. The normalized spacial score (nSPS) is 14.0. The molecule has 2 aromatic rings. The van der Waals surface area contributed by atoms with Crippen molar-refractivity contribution in [2.24, 2.45) is 0 Å². The van der Waals surface area contributed by atoms with Crippen molar-refractivity contribution in [1.29, 1.82) is 0 Å². The first-order chi connectivity index (χ1) is 12.6. The molecule has 1 aliphatic carbocycles. The molecule has 0 unspecified atom stereocenters. The van der Waals surface area contributed by atoms with Gasteiger partial charge in [0.1, 0.15) is 11.9 Å². The number of hydrogen-bond acceptors (Lipinski definition) is 6. The molecule has 1 aromatic carbocycles. The third kappa shape index (κ3) is 4.98. The average Bonchev–Trinajstić information content (AvgIpc) is 3.15. The Balaban J connectivity index is 1.48. The number of ether oxygens (including phenoxy) is 2. The van der Waals surface area contributed by atoms with Crippen LogP contribution in [0.4, 0.5) is 10.1 Å². The number of nitrogens with one attached hydrogen (secondary N) is 1. The summed E-state index contributed by atoms with van der Waals surface area (Å²) in [6.07, 6.45) is 6.46. The van der Waals surface area contributed by atoms with E-state index in [9.17, 15) is 14.0 Å². The number of hydrogen-bond donors (Lipinski definition) is 1. The molecule has 0 atom stereocenters. The summed E-state index contributed by atoms with van der Waals surface area (Å²) in [6.45, 7) is -0.280. The molecule has 1 aliphatic rings. The van der Waals surface area contributed by atoms with Gasteiger partial charge < -0.3 is 14.8 Å². The maximum absolute atomic E-state index is 12.9. The number of esters is 1. The lowest BCUT2D eigenvalue weighted by atomic mass is 10.2. The van der Waals surface area contributed by atoms with Gasteiger partial charge in [-0.2, -0.15) is 0 Å². The van der Waals surface area contributed by atoms with Crippen LogP contribution < -0.4 is 10.1 Å². The van der Waals surface area contributed by atoms with E-state index in [0.717, 1.165) is 25.7 Å². The molecule has 1 amide bonds. The zero-order valence-corrected chi connectivity index (χ0v) is 14.0. The Kier molecular flexibility index (Phi) is 5.73. The van der Waals surface area contributed by atoms with Crippen molar-refractivity contribution in [3.05, 3.63) is 48.0 Å². The summed E-state index contributed by atoms with van der Waals surface area (Å²) < 4.78 is 23.3. The lowest BCUT2D eigenvalue weighted by Gasteiger charge is -2.11. The van der Waals surface area contributed by atoms with E-state index in [4.69, 9.17) is 9.47 Å². The SMILES string of the molecule is O=C(COc1ncc(C(=O)Nc2ccc(F)cc2)cn1)OC1CCCC1. The first-order valence-electron chi connectivity index (χ1n) is 8.31. The molecule has 0 spiro atoms. The number of halogens is 1. The van der Waals surface area contributed by atoms with E-state index in [2.05, 4.69) is 15.3 Å². The van der Waals surface area contributed by atoms with Crippen molar-refractivity contribution < 1.29 is 23.5 Å². The van der Waals surface area contributed by atoms with Crippen LogP contribution in [0.15, 0.2) is 36.7 Å². The van der Waals surface area contributed by atoms with Crippen molar-refractivity contribution in [3.8, 4) is 6.01 Å². The van der Waals surface area contributed by atoms with Gasteiger partial charge in [0.15, 0.2) is 6.61 Å². The standard InChI is InChI=1S/C18H18FN3O4/c19-13-5-7-14(8-6-13)22-17(24)12-9-20-18(21-10-12)25-11-16(23)26-15-3-1-2-4-15/h5-10,15H,1-4,11H2,(H,22,24). The quantitative estimate of drug-likeness (QED) is 0.798. The van der Waals surface area contributed by atoms with Gasteiger partial charge in [0, 0.05) is 18.1 Å². The highest BCUT2D eigenvalue weighted by Crippen LogP contribution is 2.21. The summed E-state index contributed by atoms with van der Waals surface area (Å²) in [4.78, 5) is 31.5. The molecule has 1 heterocycles. The lowest BCUT2D eigenvalue weighted by Crippen LogP contribution is -2.21. The maximum atomic E-state index is 12.9. The topological polar surface area (TPSA) is 90.4 Å². The molecule has 0 radical (unpaired) electrons. The molecule has 1 N–H and O–H groups in total. The molecule has 1 fully saturated rings. The lowest BCUT2D eigenvalue weighted by molar-refractivity contribution is -0.151. The summed E-state index contributed by atoms with van der Waals surface area (Å²) >= 11 is 0. The van der Waals surface area contributed by atoms with E-state index in [-0.39, 0.29) is 30.1 Å². The molecule has 0 aliphatic heterocycles. The number of carbonyl (C=O) groups excluding carboxylic acids is 2. The second-order valence-corrected chi connectivity index (χ2v) is 5.90. The molecular weight excluding hydrogens is 341 g/mol. The fraction of sp³-hybridized carbons (Fsp3) is 0.333. The summed E-state index contributed by atoms with van der Waals surface area (Å²) in [5.74, 6) is -1.29. The van der Waals surface area contributed by atoms with Gasteiger partial charge in [0.25, 0.3) is 5.91 Å². The van der Waals surface area contributed by atoms with Crippen LogP contribution >= 0.6 is 0 Å². The van der Waals surface area contributed by atoms with Gasteiger partial charge in [-0.05, 0) is 49.9 Å². The molecule has 0 bridgehead atoms. The highest BCUT2D eigenvalue weighted by molar-refractivity contribution is 6.03. The van der Waals surface area contributed by atoms with E-state index in [1.54, 1.807) is 0 Å². The zero-order valence-electron chi connectivity index (χ0n) is 14.0. The molecule has 0 saturated heterocycles. The summed E-state index contributed by atoms with van der Waals surface area (Å²) in [5.41, 5.74) is 0.654. The van der Waals surface area contributed by atoms with Crippen LogP contribution in [0.1, 0.15) is 36.0 Å². The number of nitrogens with zero attached hydrogens (tertiary/aromatic N) is 2. The van der Waals surface area contributed by atoms with Gasteiger partial charge in [0.2, 0.25) is 0 Å². The minimum atomic E-state index is -0.460. The predicted octanol–water partition coefficient (Wildman–Crippen LogP) is 2.73. The van der Waals surface area contributed by atoms with Gasteiger partial charge in [-0.15, -0.1) is 0 Å². The van der Waals surface area contributed by atoms with Gasteiger partial charge in [-0.1, -0.05) is 0 Å². The van der Waals surface area contributed by atoms with E-state index in [1.807, 2.05) is 0 Å². The van der Waals surface area contributed by atoms with Crippen molar-refractivity contribution >= 4 is 17.6 Å². The Bertz CT molecular complexity index is 759. The van der Waals surface area contributed by atoms with E-state index >= 15 is 0 Å². The van der Waals surface area contributed by atoms with Gasteiger partial charge >= 0.3 is 12.0 Å². The Hall–Kier alpha value is -3.03. The van der Waals surface area contributed by atoms with E-state index in [0.29, 0.717) is 5.69 Å². The molecule has 1 saturated carbocycles. The molecule has 3 rings (SSSR count). The monoisotopic (exact) mass is 359 g/mol. The van der Waals surface area contributed by atoms with Crippen LogP contribution in [-0.4, -0.2) is 34.6 Å². The molecule has 136 valence electrons. The number of carbonyl (C=O) groups is 2. The van der Waals surface area contributed by atoms with Crippen LogP contribution in [0.5, 0.6) is 6.01 Å². The van der Waals surface area contributed by atoms with Crippen molar-refractivity contribution in [2.45, 2.75) is 31.8 Å². The van der Waals surface area contributed by atoms with Gasteiger partial charge in [0.05, 0.1) is 5.56 Å². The van der Waals surface area contributed by atoms with Crippen LogP contribution in [0.2, 0.25) is 0 Å². The summed E-state index contributed by atoms with van der Waals surface area (Å²) in [5, 5.41) is 2.59. The predicted molar refractivity (Wildman–Crippen MR) is 90.2 cm³/mol. The smallest absolute Gasteiger partial charge is 0.344 e. The molecule has 7 nitrogen and oxygen atoms in total. The first kappa shape index (κ1) is 17.8. The van der Waals surface area contributed by atoms with Crippen LogP contribution in [0.25, 0.3) is 0 Å². The van der Waals surface area contributed by atoms with Crippen LogP contribution in [0.3, 0.4) is 0 Å². The van der Waals surface area contributed by atoms with E-state index in [1.165, 1.54) is 36.7 Å². The van der Waals surface area contributed by atoms with Gasteiger partial charge in [-0.3, -0.25) is 4.79 Å². The number of benzene rings is 1. The van der Waals surface area contributed by atoms with Crippen molar-refractivity contribution in [1.82, 2.24) is 9.97 Å². The second-order valence-electron chi connectivity index (χ2n) is 5.90. The summed E-state index contributed by atoms with van der Waals surface area (Å²) in [6, 6.07) is 5.36. The zero-order chi connectivity index (χ0) is 18.4. The highest BCUT2D eigenvalue weighted by atomic mass is 19.1. The Labute approximate surface area is 149 Å². The Morgan fingerprint density at radius 3 is 2.42 bits per heavy atom. The third-order valence-corrected chi connectivity index (χ3v) is 3.91. The number of aromatic nitrogens is 2. The van der Waals surface area contributed by atoms with Crippen LogP contribution in [0, 0.1) is 5.82 Å². The highest BCUT2D eigenvalue weighted by Gasteiger charge is 2.19. The van der Waals surface area contributed by atoms with E-state index < -0.39 is 11.9 Å². The minimum absolute atomic E-state index is 0.0216. The van der Waals surface area contributed by atoms with Gasteiger partial charge in [-0.25, -0.2) is 19.2 Å². The second kappa shape index (κ2) is 8.37. The summed E-state index contributed by atoms with van der Waals surface area (Å²) in [7, 11) is 0. The minimum Gasteiger partial charge on any atom is -0.460 e. The molecule has 8 heteroatoms. The maximum Gasteiger partial charge on any atom is 0.344 e. The van der Waals surface area contributed by atoms with Crippen molar-refractivity contribution in [2.75, 3.05) is 11.9 Å². The molecule has 1 aromatic heterocycles. The third-order valence-electron chi connectivity index (χ3n) is 3.91. The molecule has 26 heavy (non-hydrogen) atoms. The van der Waals surface area contributed by atoms with Crippen molar-refractivity contribution in [3.63, 3.8) is 0 Å². The number of anilines is 1.